The zero-order valence-corrected chi connectivity index (χ0v) is 3.92. The lowest BCUT2D eigenvalue weighted by molar-refractivity contribution is -0.235. The molecule has 0 saturated carbocycles. The third-order valence-electron chi connectivity index (χ3n) is 0.235. The Morgan fingerprint density at radius 1 is 2.00 bits per heavy atom. The Labute approximate surface area is 37.3 Å². The van der Waals surface area contributed by atoms with Crippen LogP contribution in [0.15, 0.2) is 0 Å². The Balaban J connectivity index is 2.62. The molecule has 1 nitrogen and oxygen atoms in total. The van der Waals surface area contributed by atoms with E-state index in [1.54, 1.807) is 6.29 Å². The Morgan fingerprint density at radius 2 is 2.60 bits per heavy atom. The van der Waals surface area contributed by atoms with E-state index in [1.165, 1.54) is 0 Å². The Morgan fingerprint density at radius 3 is 2.60 bits per heavy atom. The van der Waals surface area contributed by atoms with Gasteiger partial charge < -0.3 is 3.87 Å². The molecule has 0 rings (SSSR count). The molecule has 30 valence electrons. The van der Waals surface area contributed by atoms with E-state index in [0.29, 0.717) is 0 Å². The van der Waals surface area contributed by atoms with Crippen molar-refractivity contribution in [2.75, 3.05) is 0 Å². The lowest BCUT2D eigenvalue weighted by Gasteiger charge is -1.62. The van der Waals surface area contributed by atoms with E-state index < -0.39 is 0 Å². The average Bonchev–Trinajstić information content (AvgIpc) is 1.41. The predicted octanol–water partition coefficient (Wildman–Crippen LogP) is 0.593. The maximum Gasteiger partial charge on any atom is 0.264 e. The summed E-state index contributed by atoms with van der Waals surface area (Å²) < 4.78 is 4.15. The summed E-state index contributed by atoms with van der Waals surface area (Å²) in [5.41, 5.74) is 0. The summed E-state index contributed by atoms with van der Waals surface area (Å²) in [5, 5.41) is 0. The van der Waals surface area contributed by atoms with E-state index in [9.17, 15) is 0 Å². The summed E-state index contributed by atoms with van der Waals surface area (Å²) in [4.78, 5) is 0. The third-order valence-corrected chi connectivity index (χ3v) is 0.371. The third kappa shape index (κ3) is 3.89. The van der Waals surface area contributed by atoms with Crippen LogP contribution in [0.4, 0.5) is 0 Å². The van der Waals surface area contributed by atoms with Gasteiger partial charge in [0.1, 0.15) is 0 Å². The predicted molar refractivity (Wildman–Crippen MR) is 23.7 cm³/mol. The number of aldehydes is 1. The minimum Gasteiger partial charge on any atom is -0.360 e. The van der Waals surface area contributed by atoms with Crippen molar-refractivity contribution in [1.29, 1.82) is 0 Å². The van der Waals surface area contributed by atoms with Crippen LogP contribution < -0.4 is 0 Å². The van der Waals surface area contributed by atoms with Gasteiger partial charge in [0.2, 0.25) is 0 Å². The molecule has 0 radical (unpaired) electrons. The second kappa shape index (κ2) is 3.89. The van der Waals surface area contributed by atoms with Crippen LogP contribution in [-0.4, -0.2) is 6.29 Å². The highest BCUT2D eigenvalue weighted by molar-refractivity contribution is 7.50. The highest BCUT2D eigenvalue weighted by Crippen LogP contribution is 1.57. The summed E-state index contributed by atoms with van der Waals surface area (Å²) in [6.45, 7) is 1.96. The van der Waals surface area contributed by atoms with Crippen molar-refractivity contribution in [2.24, 2.45) is 0 Å². The highest BCUT2D eigenvalue weighted by Gasteiger charge is 1.63. The van der Waals surface area contributed by atoms with Gasteiger partial charge in [-0.05, 0) is 0 Å². The smallest absolute Gasteiger partial charge is 0.264 e. The van der Waals surface area contributed by atoms with Gasteiger partial charge in [0.05, 0.1) is 6.42 Å². The normalized spacial score (nSPS) is 9.80. The van der Waals surface area contributed by atoms with Gasteiger partial charge in [-0.1, -0.05) is 6.92 Å². The molecule has 0 heterocycles. The van der Waals surface area contributed by atoms with Gasteiger partial charge in [0, 0.05) is 0 Å². The maximum atomic E-state index is 4.15. The van der Waals surface area contributed by atoms with Crippen molar-refractivity contribution in [3.63, 3.8) is 0 Å². The van der Waals surface area contributed by atoms with Crippen LogP contribution in [0.3, 0.4) is 0 Å². The summed E-state index contributed by atoms with van der Waals surface area (Å²) in [7, 11) is 0. The molecule has 0 unspecified atom stereocenters. The molecule has 0 bridgehead atoms. The molecule has 0 atom stereocenters. The van der Waals surface area contributed by atoms with Crippen molar-refractivity contribution < 1.29 is 3.87 Å². The van der Waals surface area contributed by atoms with E-state index in [4.69, 9.17) is 0 Å². The topological polar surface area (TPSA) is 11.3 Å². The molecular weight excluding hydrogens is 84.1 g/mol. The first-order valence-corrected chi connectivity index (χ1v) is 1.85. The highest BCUT2D eigenvalue weighted by atomic mass is 32.1. The molecule has 0 spiro atoms. The first kappa shape index (κ1) is 4.89. The van der Waals surface area contributed by atoms with Crippen molar-refractivity contribution in [3.05, 3.63) is 0 Å². The van der Waals surface area contributed by atoms with Gasteiger partial charge in [0.15, 0.2) is 0 Å². The summed E-state index contributed by atoms with van der Waals surface area (Å²) >= 11 is 4.10. The van der Waals surface area contributed by atoms with E-state index in [-0.39, 0.29) is 0 Å². The van der Waals surface area contributed by atoms with E-state index in [1.807, 2.05) is 6.92 Å². The van der Waals surface area contributed by atoms with Gasteiger partial charge >= 0.3 is 0 Å². The van der Waals surface area contributed by atoms with Crippen LogP contribution >= 0.6 is 0 Å². The first-order chi connectivity index (χ1) is 2.41. The number of hydrogen-bond donors (Lipinski definition) is 0. The molecule has 0 aromatic rings. The fourth-order valence-corrected chi connectivity index (χ4v) is 0.204. The maximum absolute atomic E-state index is 4.15. The van der Waals surface area contributed by atoms with E-state index >= 15 is 0 Å². The van der Waals surface area contributed by atoms with E-state index in [2.05, 4.69) is 16.8 Å². The molecule has 5 heavy (non-hydrogen) atoms. The molecule has 0 N–H and O–H groups in total. The number of carbonyl (C=O) groups excluding carboxylic acids is 1. The molecule has 2 heteroatoms. The van der Waals surface area contributed by atoms with Crippen molar-refractivity contribution in [1.82, 2.24) is 0 Å². The molecular formula is C3H6OS. The molecule has 0 aliphatic carbocycles. The summed E-state index contributed by atoms with van der Waals surface area (Å²) in [6.07, 6.45) is 2.46. The standard InChI is InChI=1S/C3H6OS/c1-2-3-4-5/h3H,2H2,1H3. The SMILES string of the molecule is CCC=[O+][S-]. The summed E-state index contributed by atoms with van der Waals surface area (Å²) in [6, 6.07) is 0. The van der Waals surface area contributed by atoms with Crippen LogP contribution in [0.1, 0.15) is 13.3 Å². The summed E-state index contributed by atoms with van der Waals surface area (Å²) in [5.74, 6) is 0. The second-order valence-electron chi connectivity index (χ2n) is 0.671. The second-order valence-corrected chi connectivity index (χ2v) is 0.864. The van der Waals surface area contributed by atoms with Crippen molar-refractivity contribution >= 4 is 19.2 Å². The largest absolute Gasteiger partial charge is 0.360 e. The monoisotopic (exact) mass is 90.0 g/mol. The fourth-order valence-electron chi connectivity index (χ4n) is 0.0680. The Bertz CT molecular complexity index is 33.9. The van der Waals surface area contributed by atoms with Crippen LogP contribution in [0.25, 0.3) is 0 Å². The minimum atomic E-state index is 0.892. The molecule has 0 aliphatic rings. The minimum absolute atomic E-state index is 0.892. The van der Waals surface area contributed by atoms with Gasteiger partial charge in [-0.3, -0.25) is 0 Å². The molecule has 0 aliphatic heterocycles. The van der Waals surface area contributed by atoms with Crippen LogP contribution in [0.2, 0.25) is 0 Å². The van der Waals surface area contributed by atoms with Gasteiger partial charge in [-0.25, -0.2) is 12.9 Å². The van der Waals surface area contributed by atoms with Crippen LogP contribution in [0, 0.1) is 0 Å². The quantitative estimate of drug-likeness (QED) is 0.260. The number of rotatable bonds is 1. The van der Waals surface area contributed by atoms with E-state index in [0.717, 1.165) is 6.42 Å². The Kier molecular flexibility index (Phi) is 3.80. The molecule has 0 aromatic heterocycles. The zero-order valence-electron chi connectivity index (χ0n) is 3.10. The lowest BCUT2D eigenvalue weighted by atomic mass is 10.6. The zero-order chi connectivity index (χ0) is 4.12. The fraction of sp³-hybridized carbons (Fsp3) is 0.667. The molecule has 0 fully saturated rings. The van der Waals surface area contributed by atoms with Crippen LogP contribution in [-0.2, 0) is 16.8 Å². The number of hydrogen-bond acceptors (Lipinski definition) is 1. The molecule has 0 saturated heterocycles. The van der Waals surface area contributed by atoms with Crippen LogP contribution in [0.5, 0.6) is 0 Å². The average molecular weight is 90.1 g/mol. The first-order valence-electron chi connectivity index (χ1n) is 1.52. The van der Waals surface area contributed by atoms with Crippen molar-refractivity contribution in [3.8, 4) is 0 Å². The van der Waals surface area contributed by atoms with Crippen molar-refractivity contribution in [2.45, 2.75) is 13.3 Å². The Hall–Kier alpha value is -0.110. The lowest BCUT2D eigenvalue weighted by Crippen LogP contribution is -1.65. The van der Waals surface area contributed by atoms with Gasteiger partial charge in [0.25, 0.3) is 6.29 Å². The van der Waals surface area contributed by atoms with Gasteiger partial charge in [-0.15, -0.1) is 0 Å². The molecule has 0 aromatic carbocycles. The van der Waals surface area contributed by atoms with Gasteiger partial charge in [-0.2, -0.15) is 0 Å². The molecule has 0 amide bonds.